The van der Waals surface area contributed by atoms with Crippen LogP contribution in [0.15, 0.2) is 24.7 Å². The Balaban J connectivity index is 1.73. The fourth-order valence-corrected chi connectivity index (χ4v) is 3.80. The molecule has 0 bridgehead atoms. The Bertz CT molecular complexity index is 895. The molecule has 2 aromatic rings. The van der Waals surface area contributed by atoms with Crippen molar-refractivity contribution < 1.29 is 8.42 Å². The second-order valence-electron chi connectivity index (χ2n) is 6.84. The topological polar surface area (TPSA) is 117 Å². The highest BCUT2D eigenvalue weighted by Crippen LogP contribution is 2.32. The summed E-state index contributed by atoms with van der Waals surface area (Å²) in [5.74, 6) is 1.39. The average molecular weight is 406 g/mol. The van der Waals surface area contributed by atoms with Crippen LogP contribution in [-0.2, 0) is 16.4 Å². The second kappa shape index (κ2) is 8.80. The van der Waals surface area contributed by atoms with Gasteiger partial charge in [0.15, 0.2) is 0 Å². The molecule has 0 spiro atoms. The summed E-state index contributed by atoms with van der Waals surface area (Å²) < 4.78 is 24.9. The highest BCUT2D eigenvalue weighted by atomic mass is 32.2. The van der Waals surface area contributed by atoms with Crippen LogP contribution in [0.1, 0.15) is 12.6 Å². The van der Waals surface area contributed by atoms with Crippen molar-refractivity contribution in [3.05, 3.63) is 30.4 Å². The summed E-state index contributed by atoms with van der Waals surface area (Å²) in [5, 5.41) is 0. The van der Waals surface area contributed by atoms with Crippen LogP contribution in [0.3, 0.4) is 0 Å². The lowest BCUT2D eigenvalue weighted by Crippen LogP contribution is -2.48. The summed E-state index contributed by atoms with van der Waals surface area (Å²) in [5.41, 5.74) is 8.68. The van der Waals surface area contributed by atoms with Crippen LogP contribution in [-0.4, -0.2) is 73.8 Å². The smallest absolute Gasteiger partial charge is 0.208 e. The minimum Gasteiger partial charge on any atom is -0.384 e. The van der Waals surface area contributed by atoms with Gasteiger partial charge in [-0.2, -0.15) is 0 Å². The van der Waals surface area contributed by atoms with Crippen molar-refractivity contribution in [3.8, 4) is 11.1 Å². The van der Waals surface area contributed by atoms with E-state index < -0.39 is 10.0 Å². The van der Waals surface area contributed by atoms with Crippen molar-refractivity contribution >= 4 is 21.7 Å². The lowest BCUT2D eigenvalue weighted by Gasteiger charge is -2.36. The molecular formula is C18H27N7O2S. The molecule has 1 saturated heterocycles. The van der Waals surface area contributed by atoms with Crippen LogP contribution in [0.2, 0.25) is 0 Å². The number of hydrogen-bond acceptors (Lipinski definition) is 8. The maximum Gasteiger partial charge on any atom is 0.208 e. The molecule has 1 aliphatic rings. The molecule has 10 heteroatoms. The van der Waals surface area contributed by atoms with Crippen LogP contribution in [0.4, 0.5) is 11.6 Å². The number of rotatable bonds is 7. The first-order valence-corrected chi connectivity index (χ1v) is 11.2. The van der Waals surface area contributed by atoms with E-state index in [9.17, 15) is 8.42 Å². The van der Waals surface area contributed by atoms with Gasteiger partial charge >= 0.3 is 0 Å². The van der Waals surface area contributed by atoms with Crippen molar-refractivity contribution in [2.45, 2.75) is 13.3 Å². The zero-order chi connectivity index (χ0) is 20.1. The summed E-state index contributed by atoms with van der Waals surface area (Å²) >= 11 is 0. The number of hydrogen-bond donors (Lipinski definition) is 2. The van der Waals surface area contributed by atoms with Gasteiger partial charge in [0.05, 0.1) is 11.9 Å². The molecule has 3 heterocycles. The van der Waals surface area contributed by atoms with E-state index in [0.717, 1.165) is 55.2 Å². The van der Waals surface area contributed by atoms with Gasteiger partial charge in [-0.1, -0.05) is 6.92 Å². The first-order chi connectivity index (χ1) is 13.4. The third kappa shape index (κ3) is 5.15. The molecule has 0 atom stereocenters. The fourth-order valence-electron chi connectivity index (χ4n) is 3.34. The van der Waals surface area contributed by atoms with Crippen LogP contribution in [0.25, 0.3) is 11.1 Å². The molecule has 0 radical (unpaired) electrons. The lowest BCUT2D eigenvalue weighted by atomic mass is 10.0. The Morgan fingerprint density at radius 2 is 1.89 bits per heavy atom. The summed E-state index contributed by atoms with van der Waals surface area (Å²) in [6, 6.07) is 3.75. The molecule has 0 aliphatic carbocycles. The SMILES string of the molecule is CCc1ncnc(N2CCN(CCNS(C)(=O)=O)CC2)c1-c1ccc(N)nc1. The van der Waals surface area contributed by atoms with E-state index in [1.807, 2.05) is 6.07 Å². The normalized spacial score (nSPS) is 15.7. The molecule has 0 unspecified atom stereocenters. The minimum absolute atomic E-state index is 0.425. The average Bonchev–Trinajstić information content (AvgIpc) is 2.68. The van der Waals surface area contributed by atoms with Crippen molar-refractivity contribution in [2.24, 2.45) is 0 Å². The van der Waals surface area contributed by atoms with Crippen molar-refractivity contribution in [1.29, 1.82) is 0 Å². The zero-order valence-electron chi connectivity index (χ0n) is 16.3. The Hall–Kier alpha value is -2.30. The van der Waals surface area contributed by atoms with Gasteiger partial charge in [-0.15, -0.1) is 0 Å². The monoisotopic (exact) mass is 405 g/mol. The molecule has 152 valence electrons. The third-order valence-electron chi connectivity index (χ3n) is 4.78. The quantitative estimate of drug-likeness (QED) is 0.678. The summed E-state index contributed by atoms with van der Waals surface area (Å²) in [6.45, 7) is 6.51. The van der Waals surface area contributed by atoms with Gasteiger partial charge in [0.1, 0.15) is 18.0 Å². The molecule has 0 aromatic carbocycles. The molecule has 0 amide bonds. The molecular weight excluding hydrogens is 378 g/mol. The van der Waals surface area contributed by atoms with Crippen molar-refractivity contribution in [1.82, 2.24) is 24.6 Å². The Labute approximate surface area is 166 Å². The van der Waals surface area contributed by atoms with Gasteiger partial charge < -0.3 is 10.6 Å². The van der Waals surface area contributed by atoms with E-state index in [0.29, 0.717) is 18.9 Å². The number of nitrogens with zero attached hydrogens (tertiary/aromatic N) is 5. The number of nitrogens with one attached hydrogen (secondary N) is 1. The molecule has 2 aromatic heterocycles. The van der Waals surface area contributed by atoms with Crippen LogP contribution >= 0.6 is 0 Å². The van der Waals surface area contributed by atoms with E-state index in [-0.39, 0.29) is 0 Å². The van der Waals surface area contributed by atoms with Crippen molar-refractivity contribution in [3.63, 3.8) is 0 Å². The first-order valence-electron chi connectivity index (χ1n) is 9.35. The number of anilines is 2. The van der Waals surface area contributed by atoms with E-state index in [1.54, 1.807) is 18.6 Å². The van der Waals surface area contributed by atoms with Gasteiger partial charge in [0, 0.05) is 56.6 Å². The number of pyridine rings is 1. The van der Waals surface area contributed by atoms with Gasteiger partial charge in [-0.25, -0.2) is 28.1 Å². The van der Waals surface area contributed by atoms with Crippen LogP contribution in [0.5, 0.6) is 0 Å². The molecule has 9 nitrogen and oxygen atoms in total. The Morgan fingerprint density at radius 1 is 1.14 bits per heavy atom. The number of aromatic nitrogens is 3. The minimum atomic E-state index is -3.14. The van der Waals surface area contributed by atoms with E-state index in [2.05, 4.69) is 36.4 Å². The largest absolute Gasteiger partial charge is 0.384 e. The van der Waals surface area contributed by atoms with Gasteiger partial charge in [-0.3, -0.25) is 4.90 Å². The molecule has 1 aliphatic heterocycles. The molecule has 1 fully saturated rings. The Morgan fingerprint density at radius 3 is 2.50 bits per heavy atom. The number of piperazine rings is 1. The third-order valence-corrected chi connectivity index (χ3v) is 5.51. The summed E-state index contributed by atoms with van der Waals surface area (Å²) in [6.07, 6.45) is 5.36. The highest BCUT2D eigenvalue weighted by molar-refractivity contribution is 7.88. The molecule has 0 saturated carbocycles. The van der Waals surface area contributed by atoms with Crippen LogP contribution in [0, 0.1) is 0 Å². The number of aryl methyl sites for hydroxylation is 1. The predicted octanol–water partition coefficient (Wildman–Crippen LogP) is 0.354. The van der Waals surface area contributed by atoms with Gasteiger partial charge in [-0.05, 0) is 18.6 Å². The van der Waals surface area contributed by atoms with Crippen LogP contribution < -0.4 is 15.4 Å². The first kappa shape index (κ1) is 20.4. The standard InChI is InChI=1S/C18H27N7O2S/c1-3-15-17(14-4-5-16(19)20-12-14)18(22-13-21-15)25-10-8-24(9-11-25)7-6-23-28(2,26)27/h4-5,12-13,23H,3,6-11H2,1-2H3,(H2,19,20). The molecule has 3 N–H and O–H groups in total. The van der Waals surface area contributed by atoms with Gasteiger partial charge in [0.25, 0.3) is 0 Å². The number of nitrogens with two attached hydrogens (primary N) is 1. The highest BCUT2D eigenvalue weighted by Gasteiger charge is 2.23. The predicted molar refractivity (Wildman–Crippen MR) is 111 cm³/mol. The maximum atomic E-state index is 11.2. The number of nitrogen functional groups attached to an aromatic ring is 1. The van der Waals surface area contributed by atoms with E-state index in [1.165, 1.54) is 6.26 Å². The zero-order valence-corrected chi connectivity index (χ0v) is 17.1. The summed E-state index contributed by atoms with van der Waals surface area (Å²) in [4.78, 5) is 17.8. The molecule has 3 rings (SSSR count). The summed E-state index contributed by atoms with van der Waals surface area (Å²) in [7, 11) is -3.14. The Kier molecular flexibility index (Phi) is 6.42. The maximum absolute atomic E-state index is 11.2. The van der Waals surface area contributed by atoms with E-state index >= 15 is 0 Å². The molecule has 28 heavy (non-hydrogen) atoms. The number of sulfonamides is 1. The lowest BCUT2D eigenvalue weighted by molar-refractivity contribution is 0.261. The fraction of sp³-hybridized carbons (Fsp3) is 0.500. The van der Waals surface area contributed by atoms with Crippen molar-refractivity contribution in [2.75, 3.05) is 56.2 Å². The van der Waals surface area contributed by atoms with Gasteiger partial charge in [0.2, 0.25) is 10.0 Å². The van der Waals surface area contributed by atoms with E-state index in [4.69, 9.17) is 5.73 Å². The second-order valence-corrected chi connectivity index (χ2v) is 8.67.